The maximum Gasteiger partial charge on any atom is 0.239 e. The van der Waals surface area contributed by atoms with Crippen LogP contribution in [0.5, 0.6) is 0 Å². The number of aryl methyl sites for hydroxylation is 1. The molecule has 0 aliphatic carbocycles. The highest BCUT2D eigenvalue weighted by Gasteiger charge is 2.38. The fraction of sp³-hybridized carbons (Fsp3) is 0.583. The van der Waals surface area contributed by atoms with Crippen molar-refractivity contribution in [3.05, 3.63) is 41.6 Å². The highest BCUT2D eigenvalue weighted by molar-refractivity contribution is 5.85. The average molecular weight is 480 g/mol. The van der Waals surface area contributed by atoms with Crippen molar-refractivity contribution in [2.75, 3.05) is 32.7 Å². The molecule has 1 aromatic heterocycles. The van der Waals surface area contributed by atoms with E-state index in [9.17, 15) is 4.79 Å². The van der Waals surface area contributed by atoms with Gasteiger partial charge in [-0.3, -0.25) is 14.4 Å². The highest BCUT2D eigenvalue weighted by Crippen LogP contribution is 2.30. The minimum absolute atomic E-state index is 0. The molecule has 32 heavy (non-hydrogen) atoms. The fourth-order valence-corrected chi connectivity index (χ4v) is 5.67. The average Bonchev–Trinajstić information content (AvgIpc) is 3.33. The number of hydrogen-bond acceptors (Lipinski definition) is 4. The largest absolute Gasteiger partial charge is 0.341 e. The van der Waals surface area contributed by atoms with E-state index in [0.717, 1.165) is 64.1 Å². The Bertz CT molecular complexity index is 897. The maximum atomic E-state index is 13.6. The first kappa shape index (κ1) is 25.0. The lowest BCUT2D eigenvalue weighted by Gasteiger charge is -2.37. The Labute approximate surface area is 203 Å². The van der Waals surface area contributed by atoms with E-state index in [0.29, 0.717) is 11.9 Å². The zero-order valence-corrected chi connectivity index (χ0v) is 20.5. The maximum absolute atomic E-state index is 13.6. The highest BCUT2D eigenvalue weighted by atomic mass is 35.5. The first-order chi connectivity index (χ1) is 14.7. The molecule has 5 rings (SSSR count). The van der Waals surface area contributed by atoms with Crippen LogP contribution in [-0.2, 0) is 24.7 Å². The van der Waals surface area contributed by atoms with Gasteiger partial charge in [-0.15, -0.1) is 24.8 Å². The summed E-state index contributed by atoms with van der Waals surface area (Å²) in [6.07, 6.45) is 6.28. The predicted molar refractivity (Wildman–Crippen MR) is 133 cm³/mol. The van der Waals surface area contributed by atoms with Crippen LogP contribution in [0.15, 0.2) is 30.3 Å². The van der Waals surface area contributed by atoms with E-state index < -0.39 is 0 Å². The van der Waals surface area contributed by atoms with E-state index in [1.165, 1.54) is 29.7 Å². The van der Waals surface area contributed by atoms with Gasteiger partial charge in [0.1, 0.15) is 0 Å². The predicted octanol–water partition coefficient (Wildman–Crippen LogP) is 3.07. The molecule has 3 aliphatic rings. The molecule has 0 saturated carbocycles. The molecule has 0 bridgehead atoms. The SMILES string of the molecule is Cl.Cl.Cn1nc(-c2ccccc2)c2c1CCN(C(=O)[C@@H]1CCCN1C1CCNCC1)CC2. The summed E-state index contributed by atoms with van der Waals surface area (Å²) in [5, 5.41) is 8.28. The minimum atomic E-state index is 0. The molecule has 6 nitrogen and oxygen atoms in total. The van der Waals surface area contributed by atoms with Crippen LogP contribution in [-0.4, -0.2) is 70.3 Å². The molecule has 4 heterocycles. The molecule has 0 radical (unpaired) electrons. The number of nitrogens with one attached hydrogen (secondary N) is 1. The Morgan fingerprint density at radius 3 is 2.47 bits per heavy atom. The van der Waals surface area contributed by atoms with E-state index in [1.807, 2.05) is 17.8 Å². The van der Waals surface area contributed by atoms with Crippen LogP contribution in [0.3, 0.4) is 0 Å². The van der Waals surface area contributed by atoms with E-state index in [4.69, 9.17) is 5.10 Å². The van der Waals surface area contributed by atoms with Gasteiger partial charge >= 0.3 is 0 Å². The standard InChI is InChI=1S/C24H33N5O.2ClH/c1-27-21-12-17-28(16-11-20(21)23(26-27)18-6-3-2-4-7-18)24(30)22-8-5-15-29(22)19-9-13-25-14-10-19;;/h2-4,6-7,19,22,25H,5,8-17H2,1H3;2*1H/t22-;;/m0../s1. The van der Waals surface area contributed by atoms with Crippen molar-refractivity contribution in [3.8, 4) is 11.3 Å². The van der Waals surface area contributed by atoms with Crippen LogP contribution in [0.25, 0.3) is 11.3 Å². The molecule has 1 atom stereocenters. The molecule has 2 fully saturated rings. The van der Waals surface area contributed by atoms with Crippen LogP contribution < -0.4 is 5.32 Å². The molecule has 8 heteroatoms. The number of carbonyl (C=O) groups excluding carboxylic acids is 1. The summed E-state index contributed by atoms with van der Waals surface area (Å²) >= 11 is 0. The summed E-state index contributed by atoms with van der Waals surface area (Å²) in [6, 6.07) is 11.1. The van der Waals surface area contributed by atoms with Crippen LogP contribution in [0.2, 0.25) is 0 Å². The molecule has 2 aromatic rings. The monoisotopic (exact) mass is 479 g/mol. The summed E-state index contributed by atoms with van der Waals surface area (Å²) in [7, 11) is 2.04. The molecule has 0 spiro atoms. The number of benzene rings is 1. The Hall–Kier alpha value is -1.60. The third-order valence-electron chi connectivity index (χ3n) is 7.24. The van der Waals surface area contributed by atoms with Gasteiger partial charge in [0.2, 0.25) is 5.91 Å². The van der Waals surface area contributed by atoms with E-state index >= 15 is 0 Å². The quantitative estimate of drug-likeness (QED) is 0.734. The number of carbonyl (C=O) groups is 1. The summed E-state index contributed by atoms with van der Waals surface area (Å²) in [5.41, 5.74) is 4.85. The molecule has 3 aliphatic heterocycles. The van der Waals surface area contributed by atoms with Gasteiger partial charge in [-0.1, -0.05) is 30.3 Å². The number of halogens is 2. The summed E-state index contributed by atoms with van der Waals surface area (Å²) in [6.45, 7) is 4.84. The number of fused-ring (bicyclic) bond motifs is 1. The van der Waals surface area contributed by atoms with Gasteiger partial charge < -0.3 is 10.2 Å². The van der Waals surface area contributed by atoms with Crippen LogP contribution >= 0.6 is 24.8 Å². The van der Waals surface area contributed by atoms with Crippen molar-refractivity contribution in [1.82, 2.24) is 24.9 Å². The number of rotatable bonds is 3. The van der Waals surface area contributed by atoms with Gasteiger partial charge in [0.15, 0.2) is 0 Å². The third-order valence-corrected chi connectivity index (χ3v) is 7.24. The van der Waals surface area contributed by atoms with Crippen LogP contribution in [0.4, 0.5) is 0 Å². The number of likely N-dealkylation sites (tertiary alicyclic amines) is 1. The molecular formula is C24H35Cl2N5O. The summed E-state index contributed by atoms with van der Waals surface area (Å²) in [4.78, 5) is 18.2. The molecule has 1 N–H and O–H groups in total. The number of amides is 1. The van der Waals surface area contributed by atoms with Gasteiger partial charge in [0.05, 0.1) is 11.7 Å². The lowest BCUT2D eigenvalue weighted by molar-refractivity contribution is -0.136. The molecule has 2 saturated heterocycles. The van der Waals surface area contributed by atoms with Crippen molar-refractivity contribution >= 4 is 30.7 Å². The number of aromatic nitrogens is 2. The van der Waals surface area contributed by atoms with Gasteiger partial charge in [-0.2, -0.15) is 5.10 Å². The summed E-state index contributed by atoms with van der Waals surface area (Å²) < 4.78 is 2.03. The summed E-state index contributed by atoms with van der Waals surface area (Å²) in [5.74, 6) is 0.355. The third kappa shape index (κ3) is 4.84. The lowest BCUT2D eigenvalue weighted by atomic mass is 10.0. The van der Waals surface area contributed by atoms with Crippen molar-refractivity contribution in [2.45, 2.75) is 50.6 Å². The Kier molecular flexibility index (Phi) is 8.62. The van der Waals surface area contributed by atoms with E-state index in [1.54, 1.807) is 0 Å². The number of hydrogen-bond donors (Lipinski definition) is 1. The van der Waals surface area contributed by atoms with Gasteiger partial charge in [0, 0.05) is 49.4 Å². The van der Waals surface area contributed by atoms with Crippen LogP contribution in [0, 0.1) is 0 Å². The second-order valence-electron chi connectivity index (χ2n) is 8.97. The van der Waals surface area contributed by atoms with Gasteiger partial charge in [-0.25, -0.2) is 0 Å². The van der Waals surface area contributed by atoms with E-state index in [-0.39, 0.29) is 30.9 Å². The molecular weight excluding hydrogens is 445 g/mol. The Morgan fingerprint density at radius 2 is 1.72 bits per heavy atom. The van der Waals surface area contributed by atoms with Gasteiger partial charge in [-0.05, 0) is 51.7 Å². The van der Waals surface area contributed by atoms with Gasteiger partial charge in [0.25, 0.3) is 0 Å². The van der Waals surface area contributed by atoms with Crippen molar-refractivity contribution < 1.29 is 4.79 Å². The first-order valence-corrected chi connectivity index (χ1v) is 11.6. The van der Waals surface area contributed by atoms with Crippen LogP contribution in [0.1, 0.15) is 36.9 Å². The topological polar surface area (TPSA) is 53.4 Å². The van der Waals surface area contributed by atoms with Crippen molar-refractivity contribution in [3.63, 3.8) is 0 Å². The zero-order valence-electron chi connectivity index (χ0n) is 18.8. The second-order valence-corrected chi connectivity index (χ2v) is 8.97. The molecule has 1 amide bonds. The zero-order chi connectivity index (χ0) is 20.5. The fourth-order valence-electron chi connectivity index (χ4n) is 5.67. The molecule has 1 aromatic carbocycles. The normalized spacial score (nSPS) is 21.9. The molecule has 176 valence electrons. The van der Waals surface area contributed by atoms with Crippen molar-refractivity contribution in [1.29, 1.82) is 0 Å². The smallest absolute Gasteiger partial charge is 0.239 e. The lowest BCUT2D eigenvalue weighted by Crippen LogP contribution is -2.52. The molecule has 0 unspecified atom stereocenters. The number of piperidine rings is 1. The van der Waals surface area contributed by atoms with Crippen molar-refractivity contribution in [2.24, 2.45) is 7.05 Å². The number of nitrogens with zero attached hydrogens (tertiary/aromatic N) is 4. The minimum Gasteiger partial charge on any atom is -0.341 e. The Morgan fingerprint density at radius 1 is 1.00 bits per heavy atom. The van der Waals surface area contributed by atoms with E-state index in [2.05, 4.69) is 39.4 Å². The first-order valence-electron chi connectivity index (χ1n) is 11.6. The Balaban J connectivity index is 0.00000144. The second kappa shape index (κ2) is 11.0.